The lowest BCUT2D eigenvalue weighted by Gasteiger charge is -2.40. The van der Waals surface area contributed by atoms with Gasteiger partial charge in [0, 0.05) is 51.1 Å². The molecule has 2 heterocycles. The van der Waals surface area contributed by atoms with E-state index in [0.717, 1.165) is 25.7 Å². The Morgan fingerprint density at radius 2 is 1.79 bits per heavy atom. The molecule has 1 aromatic rings. The molecule has 1 N–H and O–H groups in total. The number of fused-ring (bicyclic) bond motifs is 1. The molecule has 0 unspecified atom stereocenters. The number of anilines is 2. The third-order valence-corrected chi connectivity index (χ3v) is 8.26. The van der Waals surface area contributed by atoms with Gasteiger partial charge < -0.3 is 34.2 Å². The highest BCUT2D eigenvalue weighted by Crippen LogP contribution is 2.43. The fraction of sp³-hybridized carbons (Fsp3) is 0.688. The van der Waals surface area contributed by atoms with Crippen LogP contribution in [0.15, 0.2) is 18.2 Å². The maximum atomic E-state index is 14.4. The van der Waals surface area contributed by atoms with Gasteiger partial charge >= 0.3 is 6.09 Å². The van der Waals surface area contributed by atoms with E-state index in [1.807, 2.05) is 18.2 Å². The van der Waals surface area contributed by atoms with Crippen LogP contribution >= 0.6 is 0 Å². The molecule has 0 aromatic heterocycles. The summed E-state index contributed by atoms with van der Waals surface area (Å²) in [5.74, 6) is -0.908. The van der Waals surface area contributed by atoms with Crippen LogP contribution in [0, 0.1) is 11.8 Å². The monoisotopic (exact) mass is 598 g/mol. The van der Waals surface area contributed by atoms with E-state index >= 15 is 0 Å². The summed E-state index contributed by atoms with van der Waals surface area (Å²) in [6, 6.07) is 5.74. The third kappa shape index (κ3) is 7.25. The number of ether oxygens (including phenoxy) is 3. The van der Waals surface area contributed by atoms with Gasteiger partial charge in [0.05, 0.1) is 17.5 Å². The Bertz CT molecular complexity index is 1250. The number of hydrogen-bond donors (Lipinski definition) is 1. The number of nitrogens with zero attached hydrogens (tertiary/aromatic N) is 3. The number of hydrogen-bond acceptors (Lipinski definition) is 7. The zero-order chi connectivity index (χ0) is 31.1. The number of carbonyl (C=O) groups is 4. The van der Waals surface area contributed by atoms with E-state index in [1.165, 1.54) is 4.90 Å². The van der Waals surface area contributed by atoms with Crippen LogP contribution in [-0.4, -0.2) is 85.4 Å². The summed E-state index contributed by atoms with van der Waals surface area (Å²) in [5, 5.41) is 3.05. The van der Waals surface area contributed by atoms with Crippen molar-refractivity contribution in [1.82, 2.24) is 10.2 Å². The molecule has 236 valence electrons. The van der Waals surface area contributed by atoms with Gasteiger partial charge in [-0.15, -0.1) is 0 Å². The number of benzene rings is 1. The van der Waals surface area contributed by atoms with Crippen molar-refractivity contribution in [2.75, 3.05) is 43.2 Å². The molecule has 1 saturated heterocycles. The second kappa shape index (κ2) is 12.0. The van der Waals surface area contributed by atoms with Crippen molar-refractivity contribution in [2.45, 2.75) is 96.4 Å². The average Bonchev–Trinajstić information content (AvgIpc) is 3.87. The quantitative estimate of drug-likeness (QED) is 0.429. The summed E-state index contributed by atoms with van der Waals surface area (Å²) < 4.78 is 17.0. The first kappa shape index (κ1) is 31.1. The van der Waals surface area contributed by atoms with Gasteiger partial charge in [-0.2, -0.15) is 0 Å². The zero-order valence-corrected chi connectivity index (χ0v) is 26.3. The first-order valence-corrected chi connectivity index (χ1v) is 15.5. The van der Waals surface area contributed by atoms with E-state index in [-0.39, 0.29) is 42.9 Å². The van der Waals surface area contributed by atoms with Gasteiger partial charge in [0.2, 0.25) is 11.8 Å². The van der Waals surface area contributed by atoms with E-state index < -0.39 is 29.1 Å². The van der Waals surface area contributed by atoms with Gasteiger partial charge in [-0.25, -0.2) is 4.79 Å². The first-order chi connectivity index (χ1) is 20.3. The smallest absolute Gasteiger partial charge is 0.410 e. The van der Waals surface area contributed by atoms with Gasteiger partial charge in [-0.1, -0.05) is 0 Å². The molecule has 3 fully saturated rings. The Morgan fingerprint density at radius 1 is 1.09 bits per heavy atom. The van der Waals surface area contributed by atoms with Crippen molar-refractivity contribution < 1.29 is 33.4 Å². The molecule has 2 saturated carbocycles. The highest BCUT2D eigenvalue weighted by molar-refractivity contribution is 6.04. The SMILES string of the molecule is COCCCN1C(=O)C(C)(C)Oc2ccc(N(C(=O)[C@@H]3C[C@H](C(=O)NC4CC4)CN(C(=O)OC(C)(C)C)C3)C3CC3)cc21. The number of methoxy groups -OCH3 is 1. The van der Waals surface area contributed by atoms with Crippen molar-refractivity contribution in [3.63, 3.8) is 0 Å². The molecule has 0 bridgehead atoms. The van der Waals surface area contributed by atoms with Gasteiger partial charge in [0.1, 0.15) is 11.4 Å². The zero-order valence-electron chi connectivity index (χ0n) is 26.3. The summed E-state index contributed by atoms with van der Waals surface area (Å²) in [6.07, 6.45) is 4.11. The number of carbonyl (C=O) groups excluding carboxylic acids is 4. The number of amides is 4. The van der Waals surface area contributed by atoms with Crippen LogP contribution in [0.2, 0.25) is 0 Å². The minimum atomic E-state index is -1.02. The van der Waals surface area contributed by atoms with Crippen LogP contribution in [0.4, 0.5) is 16.2 Å². The molecule has 0 radical (unpaired) electrons. The summed E-state index contributed by atoms with van der Waals surface area (Å²) in [6.45, 7) is 10.3. The number of piperidine rings is 1. The van der Waals surface area contributed by atoms with E-state index in [2.05, 4.69) is 5.32 Å². The normalized spacial score (nSPS) is 23.3. The molecular formula is C32H46N4O7. The largest absolute Gasteiger partial charge is 0.476 e. The topological polar surface area (TPSA) is 118 Å². The van der Waals surface area contributed by atoms with Crippen molar-refractivity contribution in [1.29, 1.82) is 0 Å². The van der Waals surface area contributed by atoms with Crippen LogP contribution in [0.25, 0.3) is 0 Å². The Kier molecular flexibility index (Phi) is 8.66. The summed E-state index contributed by atoms with van der Waals surface area (Å²) >= 11 is 0. The van der Waals surface area contributed by atoms with Crippen molar-refractivity contribution in [2.24, 2.45) is 11.8 Å². The van der Waals surface area contributed by atoms with Crippen LogP contribution < -0.4 is 19.9 Å². The van der Waals surface area contributed by atoms with Gasteiger partial charge in [-0.05, 0) is 91.3 Å². The van der Waals surface area contributed by atoms with Crippen LogP contribution in [0.3, 0.4) is 0 Å². The third-order valence-electron chi connectivity index (χ3n) is 8.26. The Morgan fingerprint density at radius 3 is 2.42 bits per heavy atom. The Hall–Kier alpha value is -3.34. The second-order valence-corrected chi connectivity index (χ2v) is 13.8. The fourth-order valence-electron chi connectivity index (χ4n) is 5.83. The molecule has 2 aliphatic carbocycles. The highest BCUT2D eigenvalue weighted by atomic mass is 16.6. The van der Waals surface area contributed by atoms with Crippen LogP contribution in [-0.2, 0) is 23.9 Å². The van der Waals surface area contributed by atoms with Crippen molar-refractivity contribution >= 4 is 35.2 Å². The summed E-state index contributed by atoms with van der Waals surface area (Å²) in [5.41, 5.74) is -0.423. The summed E-state index contributed by atoms with van der Waals surface area (Å²) in [7, 11) is 1.63. The fourth-order valence-corrected chi connectivity index (χ4v) is 5.83. The van der Waals surface area contributed by atoms with Crippen LogP contribution in [0.1, 0.15) is 73.1 Å². The molecule has 43 heavy (non-hydrogen) atoms. The van der Waals surface area contributed by atoms with Gasteiger partial charge in [0.25, 0.3) is 5.91 Å². The molecule has 4 aliphatic rings. The number of nitrogens with one attached hydrogen (secondary N) is 1. The van der Waals surface area contributed by atoms with E-state index in [0.29, 0.717) is 43.1 Å². The molecule has 2 atom stereocenters. The molecule has 4 amide bonds. The maximum absolute atomic E-state index is 14.4. The van der Waals surface area contributed by atoms with Gasteiger partial charge in [-0.3, -0.25) is 14.4 Å². The lowest BCUT2D eigenvalue weighted by molar-refractivity contribution is -0.133. The molecule has 2 aliphatic heterocycles. The molecule has 5 rings (SSSR count). The lowest BCUT2D eigenvalue weighted by atomic mass is 9.87. The van der Waals surface area contributed by atoms with E-state index in [4.69, 9.17) is 14.2 Å². The second-order valence-electron chi connectivity index (χ2n) is 13.8. The van der Waals surface area contributed by atoms with Crippen molar-refractivity contribution in [3.8, 4) is 5.75 Å². The molecule has 1 aromatic carbocycles. The minimum Gasteiger partial charge on any atom is -0.476 e. The van der Waals surface area contributed by atoms with E-state index in [9.17, 15) is 19.2 Å². The summed E-state index contributed by atoms with van der Waals surface area (Å²) in [4.78, 5) is 59.1. The Balaban J connectivity index is 1.42. The highest BCUT2D eigenvalue weighted by Gasteiger charge is 2.45. The van der Waals surface area contributed by atoms with Crippen molar-refractivity contribution in [3.05, 3.63) is 18.2 Å². The minimum absolute atomic E-state index is 0.0137. The molecular weight excluding hydrogens is 552 g/mol. The predicted molar refractivity (Wildman–Crippen MR) is 161 cm³/mol. The first-order valence-electron chi connectivity index (χ1n) is 15.5. The standard InChI is InChI=1S/C32H46N4O7/c1-31(2,3)43-30(40)34-18-20(27(37)33-22-8-9-22)16-21(19-34)28(38)36(23-10-11-23)24-12-13-26-25(17-24)35(14-7-15-41-6)29(39)32(4,5)42-26/h12-13,17,20-23H,7-11,14-16,18-19H2,1-6H3,(H,33,37)/t20-,21+/m0/s1. The Labute approximate surface area is 254 Å². The van der Waals surface area contributed by atoms with Crippen LogP contribution in [0.5, 0.6) is 5.75 Å². The number of likely N-dealkylation sites (tertiary alicyclic amines) is 1. The van der Waals surface area contributed by atoms with Gasteiger partial charge in [0.15, 0.2) is 5.60 Å². The maximum Gasteiger partial charge on any atom is 0.410 e. The molecule has 11 nitrogen and oxygen atoms in total. The number of rotatable bonds is 9. The lowest BCUT2D eigenvalue weighted by Crippen LogP contribution is -2.54. The average molecular weight is 599 g/mol. The predicted octanol–water partition coefficient (Wildman–Crippen LogP) is 3.87. The molecule has 11 heteroatoms. The molecule has 0 spiro atoms. The van der Waals surface area contributed by atoms with E-state index in [1.54, 1.807) is 51.5 Å².